The fraction of sp³-hybridized carbons (Fsp3) is 0.0667. The number of thiophene rings is 1. The maximum Gasteiger partial charge on any atom is 1.00 e. The number of rotatable bonds is 3. The summed E-state index contributed by atoms with van der Waals surface area (Å²) in [6.07, 6.45) is 1.72. The van der Waals surface area contributed by atoms with Crippen molar-refractivity contribution in [3.05, 3.63) is 57.3 Å². The van der Waals surface area contributed by atoms with Crippen LogP contribution in [0, 0.1) is 24.8 Å². The van der Waals surface area contributed by atoms with E-state index in [1.807, 2.05) is 6.07 Å². The Hall–Kier alpha value is -2.00. The van der Waals surface area contributed by atoms with E-state index in [0.29, 0.717) is 26.6 Å². The molecule has 0 spiro atoms. The topological polar surface area (TPSA) is 104 Å². The van der Waals surface area contributed by atoms with Crippen molar-refractivity contribution in [2.75, 3.05) is 5.32 Å². The summed E-state index contributed by atoms with van der Waals surface area (Å²) in [6, 6.07) is 7.97. The molecule has 110 valence electrons. The number of anilines is 1. The summed E-state index contributed by atoms with van der Waals surface area (Å²) >= 11 is 1.07. The molecule has 0 saturated carbocycles. The summed E-state index contributed by atoms with van der Waals surface area (Å²) in [4.78, 5) is 26.3. The third kappa shape index (κ3) is 4.49. The Bertz CT molecular complexity index is 801. The Morgan fingerprint density at radius 1 is 1.39 bits per heavy atom. The van der Waals surface area contributed by atoms with Crippen LogP contribution in [0.25, 0.3) is 4.85 Å². The zero-order valence-electron chi connectivity index (χ0n) is 12.4. The monoisotopic (exact) mass is 334 g/mol. The van der Waals surface area contributed by atoms with Gasteiger partial charge in [-0.1, -0.05) is 0 Å². The molecule has 2 aromatic rings. The molecule has 0 aliphatic rings. The van der Waals surface area contributed by atoms with E-state index in [-0.39, 0.29) is 40.7 Å². The summed E-state index contributed by atoms with van der Waals surface area (Å²) < 4.78 is 0. The number of nitriles is 1. The van der Waals surface area contributed by atoms with Crippen LogP contribution in [0.4, 0.5) is 10.7 Å². The second-order valence-corrected chi connectivity index (χ2v) is 5.11. The molecule has 1 aromatic heterocycles. The second-order valence-electron chi connectivity index (χ2n) is 4.09. The van der Waals surface area contributed by atoms with Crippen LogP contribution in [0.15, 0.2) is 24.3 Å². The predicted molar refractivity (Wildman–Crippen MR) is 81.2 cm³/mol. The van der Waals surface area contributed by atoms with Gasteiger partial charge in [0, 0.05) is 5.56 Å². The first-order valence-corrected chi connectivity index (χ1v) is 6.63. The van der Waals surface area contributed by atoms with Gasteiger partial charge in [0.1, 0.15) is 11.1 Å². The van der Waals surface area contributed by atoms with Crippen molar-refractivity contribution in [2.45, 2.75) is 6.92 Å². The average Bonchev–Trinajstić information content (AvgIpc) is 2.82. The molecular weight excluding hydrogens is 325 g/mol. The van der Waals surface area contributed by atoms with E-state index in [9.17, 15) is 9.59 Å². The maximum atomic E-state index is 12.1. The maximum absolute atomic E-state index is 12.1. The first kappa shape index (κ1) is 21.0. The van der Waals surface area contributed by atoms with E-state index in [1.54, 1.807) is 13.2 Å². The molecule has 0 radical (unpaired) electrons. The third-order valence-corrected chi connectivity index (χ3v) is 3.92. The van der Waals surface area contributed by atoms with Gasteiger partial charge in [-0.3, -0.25) is 4.79 Å². The molecule has 1 heterocycles. The second kappa shape index (κ2) is 9.21. The van der Waals surface area contributed by atoms with E-state index >= 15 is 0 Å². The van der Waals surface area contributed by atoms with Gasteiger partial charge in [0.05, 0.1) is 17.7 Å². The number of carbonyl (C=O) groups excluding carboxylic acids is 2. The number of nitrogens with one attached hydrogen (secondary N) is 1. The Labute approximate surface area is 159 Å². The quantitative estimate of drug-likeness (QED) is 0.631. The van der Waals surface area contributed by atoms with E-state index in [1.165, 1.54) is 24.3 Å². The molecule has 6 nitrogen and oxygen atoms in total. The van der Waals surface area contributed by atoms with Crippen molar-refractivity contribution in [3.8, 4) is 6.07 Å². The van der Waals surface area contributed by atoms with E-state index in [2.05, 4.69) is 10.2 Å². The van der Waals surface area contributed by atoms with Gasteiger partial charge in [-0.25, -0.2) is 4.85 Å². The molecule has 1 aromatic carbocycles. The molecule has 0 bridgehead atoms. The van der Waals surface area contributed by atoms with Crippen LogP contribution in [0.2, 0.25) is 0 Å². The number of hydrogen-bond donors (Lipinski definition) is 1. The minimum Gasteiger partial charge on any atom is -0.870 e. The molecular formula is C15H9N3NaO3S-. The molecule has 0 unspecified atom stereocenters. The van der Waals surface area contributed by atoms with Crippen LogP contribution in [-0.4, -0.2) is 17.7 Å². The number of hydrogen-bond acceptors (Lipinski definition) is 5. The molecule has 0 aliphatic heterocycles. The van der Waals surface area contributed by atoms with Gasteiger partial charge in [0.25, 0.3) is 5.91 Å². The van der Waals surface area contributed by atoms with Crippen LogP contribution < -0.4 is 34.9 Å². The number of amides is 1. The van der Waals surface area contributed by atoms with Crippen LogP contribution >= 0.6 is 11.3 Å². The van der Waals surface area contributed by atoms with Crippen molar-refractivity contribution in [3.63, 3.8) is 0 Å². The normalized spacial score (nSPS) is 8.65. The Morgan fingerprint density at radius 3 is 2.48 bits per heavy atom. The van der Waals surface area contributed by atoms with Crippen molar-refractivity contribution >= 4 is 34.2 Å². The molecule has 23 heavy (non-hydrogen) atoms. The molecule has 1 amide bonds. The zero-order valence-corrected chi connectivity index (χ0v) is 15.2. The summed E-state index contributed by atoms with van der Waals surface area (Å²) in [6.45, 7) is 8.82. The Balaban J connectivity index is 0.00000242. The van der Waals surface area contributed by atoms with Gasteiger partial charge < -0.3 is 15.6 Å². The number of carbonyl (C=O) groups is 1. The van der Waals surface area contributed by atoms with Gasteiger partial charge in [-0.15, -0.1) is 23.5 Å². The SMILES string of the molecule is [C-]#[N+]c1c(NC(=O)c2ccc([C-]=O)cc2)sc(C#N)c1C.[Na+].[OH-]. The van der Waals surface area contributed by atoms with Gasteiger partial charge in [0.15, 0.2) is 0 Å². The molecule has 0 aliphatic carbocycles. The van der Waals surface area contributed by atoms with Crippen molar-refractivity contribution in [2.24, 2.45) is 0 Å². The first-order valence-electron chi connectivity index (χ1n) is 5.81. The Kier molecular flexibility index (Phi) is 8.41. The van der Waals surface area contributed by atoms with Gasteiger partial charge in [-0.05, 0) is 12.5 Å². The third-order valence-electron chi connectivity index (χ3n) is 2.82. The van der Waals surface area contributed by atoms with Gasteiger partial charge in [-0.2, -0.15) is 23.0 Å². The molecule has 8 heteroatoms. The van der Waals surface area contributed by atoms with Crippen LogP contribution in [-0.2, 0) is 4.79 Å². The van der Waals surface area contributed by atoms with Crippen molar-refractivity contribution in [1.29, 1.82) is 5.26 Å². The smallest absolute Gasteiger partial charge is 0.870 e. The summed E-state index contributed by atoms with van der Waals surface area (Å²) in [5.41, 5.74) is 1.56. The molecule has 0 atom stereocenters. The van der Waals surface area contributed by atoms with Crippen molar-refractivity contribution < 1.29 is 44.6 Å². The van der Waals surface area contributed by atoms with E-state index < -0.39 is 5.91 Å². The zero-order chi connectivity index (χ0) is 15.4. The minimum absolute atomic E-state index is 0. The first-order chi connectivity index (χ1) is 10.1. The van der Waals surface area contributed by atoms with Crippen LogP contribution in [0.3, 0.4) is 0 Å². The molecule has 2 N–H and O–H groups in total. The summed E-state index contributed by atoms with van der Waals surface area (Å²) in [5.74, 6) is -0.400. The molecule has 0 saturated heterocycles. The standard InChI is InChI=1S/C15H8N3O2S.Na.H2O/c1-9-12(7-16)21-15(13(9)17-2)18-14(20)11-5-3-10(8-19)4-6-11;;/h3-6H,1H3,(H,18,20);;1H2/q-1;+1;/p-1. The largest absolute Gasteiger partial charge is 1.00 e. The minimum atomic E-state index is -0.400. The van der Waals surface area contributed by atoms with E-state index in [0.717, 1.165) is 11.3 Å². The predicted octanol–water partition coefficient (Wildman–Crippen LogP) is 0.0163. The summed E-state index contributed by atoms with van der Waals surface area (Å²) in [5, 5.41) is 12.0. The molecule has 2 rings (SSSR count). The van der Waals surface area contributed by atoms with Gasteiger partial charge >= 0.3 is 29.6 Å². The van der Waals surface area contributed by atoms with Crippen LogP contribution in [0.5, 0.6) is 0 Å². The fourth-order valence-electron chi connectivity index (χ4n) is 1.70. The number of nitrogens with zero attached hydrogens (tertiary/aromatic N) is 2. The molecule has 0 fully saturated rings. The number of benzene rings is 1. The van der Waals surface area contributed by atoms with Crippen LogP contribution in [0.1, 0.15) is 26.4 Å². The van der Waals surface area contributed by atoms with E-state index in [4.69, 9.17) is 11.8 Å². The summed E-state index contributed by atoms with van der Waals surface area (Å²) in [7, 11) is 0. The van der Waals surface area contributed by atoms with Crippen molar-refractivity contribution in [1.82, 2.24) is 0 Å². The fourth-order valence-corrected chi connectivity index (χ4v) is 2.63. The average molecular weight is 334 g/mol. The Morgan fingerprint density at radius 2 is 2.00 bits per heavy atom. The van der Waals surface area contributed by atoms with Gasteiger partial charge in [0.2, 0.25) is 5.69 Å².